The summed E-state index contributed by atoms with van der Waals surface area (Å²) in [6.07, 6.45) is 5.33. The average Bonchev–Trinajstić information content (AvgIpc) is 2.78. The number of nitrogens with zero attached hydrogens (tertiary/aromatic N) is 4. The van der Waals surface area contributed by atoms with Crippen molar-refractivity contribution in [2.24, 2.45) is 5.73 Å². The van der Waals surface area contributed by atoms with Gasteiger partial charge < -0.3 is 5.73 Å². The van der Waals surface area contributed by atoms with Crippen molar-refractivity contribution < 1.29 is 0 Å². The standard InChI is InChI=1S/C12H11N5/c13-8-9-11(10-4-1-2-5-14-10)16-17-7-3-6-15-12(9)17/h1-7H,8,13H2. The van der Waals surface area contributed by atoms with E-state index in [-0.39, 0.29) is 0 Å². The molecule has 0 spiro atoms. The summed E-state index contributed by atoms with van der Waals surface area (Å²) >= 11 is 0. The molecule has 5 nitrogen and oxygen atoms in total. The lowest BCUT2D eigenvalue weighted by atomic mass is 10.2. The van der Waals surface area contributed by atoms with Crippen molar-refractivity contribution in [2.75, 3.05) is 0 Å². The molecular weight excluding hydrogens is 214 g/mol. The maximum Gasteiger partial charge on any atom is 0.160 e. The fourth-order valence-corrected chi connectivity index (χ4v) is 1.83. The van der Waals surface area contributed by atoms with Crippen LogP contribution in [-0.4, -0.2) is 19.6 Å². The molecule has 0 aliphatic rings. The summed E-state index contributed by atoms with van der Waals surface area (Å²) in [6.45, 7) is 0.395. The first-order chi connectivity index (χ1) is 8.40. The minimum atomic E-state index is 0.395. The van der Waals surface area contributed by atoms with Crippen molar-refractivity contribution >= 4 is 5.65 Å². The van der Waals surface area contributed by atoms with Gasteiger partial charge in [0.2, 0.25) is 0 Å². The summed E-state index contributed by atoms with van der Waals surface area (Å²) in [7, 11) is 0. The summed E-state index contributed by atoms with van der Waals surface area (Å²) in [6, 6.07) is 7.56. The fraction of sp³-hybridized carbons (Fsp3) is 0.0833. The van der Waals surface area contributed by atoms with Gasteiger partial charge in [-0.3, -0.25) is 4.98 Å². The lowest BCUT2D eigenvalue weighted by Crippen LogP contribution is -1.99. The zero-order valence-corrected chi connectivity index (χ0v) is 9.11. The third-order valence-electron chi connectivity index (χ3n) is 2.60. The van der Waals surface area contributed by atoms with Gasteiger partial charge in [-0.1, -0.05) is 6.07 Å². The van der Waals surface area contributed by atoms with E-state index in [9.17, 15) is 0 Å². The van der Waals surface area contributed by atoms with Crippen molar-refractivity contribution in [3.8, 4) is 11.4 Å². The molecule has 0 bridgehead atoms. The molecule has 0 amide bonds. The number of fused-ring (bicyclic) bond motifs is 1. The summed E-state index contributed by atoms with van der Waals surface area (Å²) < 4.78 is 1.73. The van der Waals surface area contributed by atoms with Crippen LogP contribution in [0.5, 0.6) is 0 Å². The maximum absolute atomic E-state index is 5.78. The largest absolute Gasteiger partial charge is 0.326 e. The van der Waals surface area contributed by atoms with Gasteiger partial charge in [-0.25, -0.2) is 9.50 Å². The lowest BCUT2D eigenvalue weighted by molar-refractivity contribution is 0.940. The van der Waals surface area contributed by atoms with Crippen LogP contribution in [0.3, 0.4) is 0 Å². The van der Waals surface area contributed by atoms with Gasteiger partial charge in [0.1, 0.15) is 5.69 Å². The highest BCUT2D eigenvalue weighted by atomic mass is 15.3. The quantitative estimate of drug-likeness (QED) is 0.712. The van der Waals surface area contributed by atoms with Crippen molar-refractivity contribution in [3.05, 3.63) is 48.4 Å². The van der Waals surface area contributed by atoms with Gasteiger partial charge >= 0.3 is 0 Å². The van der Waals surface area contributed by atoms with E-state index in [0.29, 0.717) is 6.54 Å². The van der Waals surface area contributed by atoms with Gasteiger partial charge in [0.25, 0.3) is 0 Å². The molecule has 0 atom stereocenters. The molecule has 0 radical (unpaired) electrons. The number of aromatic nitrogens is 4. The molecule has 3 aromatic heterocycles. The zero-order valence-electron chi connectivity index (χ0n) is 9.11. The third kappa shape index (κ3) is 1.57. The predicted octanol–water partition coefficient (Wildman–Crippen LogP) is 1.25. The molecule has 3 aromatic rings. The fourth-order valence-electron chi connectivity index (χ4n) is 1.83. The van der Waals surface area contributed by atoms with Gasteiger partial charge in [0, 0.05) is 30.7 Å². The van der Waals surface area contributed by atoms with Crippen molar-refractivity contribution in [2.45, 2.75) is 6.54 Å². The monoisotopic (exact) mass is 225 g/mol. The number of pyridine rings is 1. The first-order valence-electron chi connectivity index (χ1n) is 5.34. The maximum atomic E-state index is 5.78. The first kappa shape index (κ1) is 9.92. The predicted molar refractivity (Wildman–Crippen MR) is 64.1 cm³/mol. The lowest BCUT2D eigenvalue weighted by Gasteiger charge is -1.97. The Morgan fingerprint density at radius 1 is 1.12 bits per heavy atom. The van der Waals surface area contributed by atoms with Crippen LogP contribution in [0.15, 0.2) is 42.9 Å². The van der Waals surface area contributed by atoms with Crippen LogP contribution in [0, 0.1) is 0 Å². The second-order valence-electron chi connectivity index (χ2n) is 3.63. The van der Waals surface area contributed by atoms with E-state index in [4.69, 9.17) is 5.73 Å². The van der Waals surface area contributed by atoms with Crippen LogP contribution in [0.1, 0.15) is 5.56 Å². The molecule has 0 fully saturated rings. The number of hydrogen-bond acceptors (Lipinski definition) is 4. The minimum absolute atomic E-state index is 0.395. The second-order valence-corrected chi connectivity index (χ2v) is 3.63. The molecule has 0 saturated heterocycles. The van der Waals surface area contributed by atoms with E-state index < -0.39 is 0 Å². The van der Waals surface area contributed by atoms with Crippen molar-refractivity contribution in [1.82, 2.24) is 19.6 Å². The number of nitrogens with two attached hydrogens (primary N) is 1. The highest BCUT2D eigenvalue weighted by Gasteiger charge is 2.14. The molecule has 17 heavy (non-hydrogen) atoms. The van der Waals surface area contributed by atoms with E-state index in [1.807, 2.05) is 30.5 Å². The Balaban J connectivity index is 2.30. The second kappa shape index (κ2) is 3.95. The van der Waals surface area contributed by atoms with Crippen molar-refractivity contribution in [1.29, 1.82) is 0 Å². The van der Waals surface area contributed by atoms with Gasteiger partial charge in [0.15, 0.2) is 5.65 Å². The average molecular weight is 225 g/mol. The van der Waals surface area contributed by atoms with Crippen LogP contribution in [0.4, 0.5) is 0 Å². The Labute approximate surface area is 97.9 Å². The SMILES string of the molecule is NCc1c(-c2ccccn2)nn2cccnc12. The van der Waals surface area contributed by atoms with Gasteiger partial charge in [0.05, 0.1) is 5.69 Å². The molecular formula is C12H11N5. The molecule has 0 aromatic carbocycles. The Morgan fingerprint density at radius 2 is 2.00 bits per heavy atom. The highest BCUT2D eigenvalue weighted by Crippen LogP contribution is 2.22. The molecule has 5 heteroatoms. The van der Waals surface area contributed by atoms with Crippen LogP contribution < -0.4 is 5.73 Å². The summed E-state index contributed by atoms with van der Waals surface area (Å²) in [5, 5.41) is 4.47. The Kier molecular flexibility index (Phi) is 2.31. The summed E-state index contributed by atoms with van der Waals surface area (Å²) in [5.41, 5.74) is 9.10. The Bertz CT molecular complexity index is 644. The first-order valence-corrected chi connectivity index (χ1v) is 5.34. The van der Waals surface area contributed by atoms with Gasteiger partial charge in [-0.05, 0) is 18.2 Å². The highest BCUT2D eigenvalue weighted by molar-refractivity contribution is 5.67. The Hall–Kier alpha value is -2.27. The van der Waals surface area contributed by atoms with Crippen LogP contribution in [0.25, 0.3) is 17.0 Å². The Morgan fingerprint density at radius 3 is 2.76 bits per heavy atom. The number of hydrogen-bond donors (Lipinski definition) is 1. The van der Waals surface area contributed by atoms with E-state index in [1.54, 1.807) is 16.9 Å². The van der Waals surface area contributed by atoms with Crippen molar-refractivity contribution in [3.63, 3.8) is 0 Å². The van der Waals surface area contributed by atoms with E-state index in [0.717, 1.165) is 22.6 Å². The van der Waals surface area contributed by atoms with Gasteiger partial charge in [-0.2, -0.15) is 5.10 Å². The number of rotatable bonds is 2. The molecule has 0 aliphatic carbocycles. The van der Waals surface area contributed by atoms with E-state index in [1.165, 1.54) is 0 Å². The molecule has 0 aliphatic heterocycles. The molecule has 3 heterocycles. The van der Waals surface area contributed by atoms with Crippen LogP contribution in [-0.2, 0) is 6.54 Å². The van der Waals surface area contributed by atoms with E-state index >= 15 is 0 Å². The smallest absolute Gasteiger partial charge is 0.160 e. The van der Waals surface area contributed by atoms with Gasteiger partial charge in [-0.15, -0.1) is 0 Å². The zero-order chi connectivity index (χ0) is 11.7. The molecule has 3 rings (SSSR count). The molecule has 0 saturated carbocycles. The minimum Gasteiger partial charge on any atom is -0.326 e. The third-order valence-corrected chi connectivity index (χ3v) is 2.60. The van der Waals surface area contributed by atoms with Crippen LogP contribution >= 0.6 is 0 Å². The normalized spacial score (nSPS) is 10.9. The topological polar surface area (TPSA) is 69.1 Å². The van der Waals surface area contributed by atoms with Crippen LogP contribution in [0.2, 0.25) is 0 Å². The molecule has 84 valence electrons. The molecule has 2 N–H and O–H groups in total. The van der Waals surface area contributed by atoms with E-state index in [2.05, 4.69) is 15.1 Å². The molecule has 0 unspecified atom stereocenters. The summed E-state index contributed by atoms with van der Waals surface area (Å²) in [5.74, 6) is 0. The summed E-state index contributed by atoms with van der Waals surface area (Å²) in [4.78, 5) is 8.58.